The Morgan fingerprint density at radius 1 is 1.00 bits per heavy atom. The fourth-order valence-corrected chi connectivity index (χ4v) is 4.46. The zero-order valence-corrected chi connectivity index (χ0v) is 20.4. The fourth-order valence-electron chi connectivity index (χ4n) is 4.23. The molecule has 2 aliphatic heterocycles. The van der Waals surface area contributed by atoms with Gasteiger partial charge in [0.25, 0.3) is 11.8 Å². The van der Waals surface area contributed by atoms with Gasteiger partial charge in [-0.1, -0.05) is 65.2 Å². The Bertz CT molecular complexity index is 1470. The summed E-state index contributed by atoms with van der Waals surface area (Å²) in [5.41, 5.74) is 3.52. The highest BCUT2D eigenvalue weighted by atomic mass is 35.5. The molecule has 4 heterocycles. The van der Waals surface area contributed by atoms with Crippen LogP contribution in [-0.2, 0) is 9.53 Å². The van der Waals surface area contributed by atoms with Crippen LogP contribution in [0.3, 0.4) is 0 Å². The van der Waals surface area contributed by atoms with Gasteiger partial charge < -0.3 is 24.7 Å². The van der Waals surface area contributed by atoms with Crippen molar-refractivity contribution in [1.82, 2.24) is 15.2 Å². The minimum absolute atomic E-state index is 0.0330. The molecule has 1 unspecified atom stereocenters. The van der Waals surface area contributed by atoms with Gasteiger partial charge in [-0.3, -0.25) is 4.79 Å². The summed E-state index contributed by atoms with van der Waals surface area (Å²) in [5, 5.41) is 14.5. The third-order valence-corrected chi connectivity index (χ3v) is 6.40. The first-order valence-corrected chi connectivity index (χ1v) is 12.2. The van der Waals surface area contributed by atoms with E-state index in [1.54, 1.807) is 12.3 Å². The molecular formula is C26H22ClN7O3. The number of anilines is 3. The van der Waals surface area contributed by atoms with Crippen LogP contribution in [0.4, 0.5) is 17.5 Å². The van der Waals surface area contributed by atoms with E-state index in [1.165, 1.54) is 0 Å². The number of nitrogens with zero attached hydrogens (tertiary/aromatic N) is 5. The van der Waals surface area contributed by atoms with Crippen molar-refractivity contribution in [3.05, 3.63) is 83.0 Å². The fraction of sp³-hybridized carbons (Fsp3) is 0.192. The molecule has 1 atom stereocenters. The number of benzene rings is 2. The molecule has 0 bridgehead atoms. The number of morpholine rings is 1. The van der Waals surface area contributed by atoms with Crippen LogP contribution in [0.15, 0.2) is 76.3 Å². The SMILES string of the molecule is O=C1Nc2ccccc2C(c2ccccc2)=NC1Nc1nnc(-c2cnc(N3CCOCC3)cc2Cl)o1. The second kappa shape index (κ2) is 10.00. The van der Waals surface area contributed by atoms with Crippen LogP contribution in [0.2, 0.25) is 5.02 Å². The van der Waals surface area contributed by atoms with Gasteiger partial charge in [-0.25, -0.2) is 9.98 Å². The Kier molecular flexibility index (Phi) is 6.25. The Labute approximate surface area is 217 Å². The van der Waals surface area contributed by atoms with Gasteiger partial charge in [0.05, 0.1) is 35.2 Å². The van der Waals surface area contributed by atoms with Crippen molar-refractivity contribution in [1.29, 1.82) is 0 Å². The quantitative estimate of drug-likeness (QED) is 0.411. The first kappa shape index (κ1) is 23.1. The van der Waals surface area contributed by atoms with Crippen molar-refractivity contribution in [2.45, 2.75) is 6.17 Å². The van der Waals surface area contributed by atoms with Crippen molar-refractivity contribution in [2.24, 2.45) is 4.99 Å². The lowest BCUT2D eigenvalue weighted by atomic mass is 10.0. The van der Waals surface area contributed by atoms with Crippen molar-refractivity contribution >= 4 is 40.7 Å². The van der Waals surface area contributed by atoms with Gasteiger partial charge in [0.15, 0.2) is 0 Å². The number of aliphatic imine (C=N–C) groups is 1. The lowest BCUT2D eigenvalue weighted by Crippen LogP contribution is -2.36. The molecular weight excluding hydrogens is 494 g/mol. The van der Waals surface area contributed by atoms with E-state index in [-0.39, 0.29) is 17.8 Å². The zero-order valence-electron chi connectivity index (χ0n) is 19.6. The number of hydrogen-bond donors (Lipinski definition) is 2. The number of amides is 1. The number of para-hydroxylation sites is 1. The number of hydrogen-bond acceptors (Lipinski definition) is 9. The highest BCUT2D eigenvalue weighted by molar-refractivity contribution is 6.33. The molecule has 11 heteroatoms. The number of nitrogens with one attached hydrogen (secondary N) is 2. The molecule has 4 aromatic rings. The summed E-state index contributed by atoms with van der Waals surface area (Å²) in [5.74, 6) is 0.582. The van der Waals surface area contributed by atoms with Crippen molar-refractivity contribution in [2.75, 3.05) is 41.8 Å². The molecule has 2 aromatic heterocycles. The molecule has 0 radical (unpaired) electrons. The van der Waals surface area contributed by atoms with E-state index in [0.717, 1.165) is 30.0 Å². The minimum atomic E-state index is -1.01. The van der Waals surface area contributed by atoms with Gasteiger partial charge in [-0.05, 0) is 6.07 Å². The average Bonchev–Trinajstić information content (AvgIpc) is 3.35. The highest BCUT2D eigenvalue weighted by Gasteiger charge is 2.27. The first-order chi connectivity index (χ1) is 18.2. The molecule has 10 nitrogen and oxygen atoms in total. The lowest BCUT2D eigenvalue weighted by Gasteiger charge is -2.27. The molecule has 1 fully saturated rings. The summed E-state index contributed by atoms with van der Waals surface area (Å²) in [6.45, 7) is 2.79. The predicted molar refractivity (Wildman–Crippen MR) is 140 cm³/mol. The second-order valence-electron chi connectivity index (χ2n) is 8.46. The molecule has 37 heavy (non-hydrogen) atoms. The van der Waals surface area contributed by atoms with Gasteiger partial charge in [-0.2, -0.15) is 0 Å². The van der Waals surface area contributed by atoms with E-state index >= 15 is 0 Å². The number of carbonyl (C=O) groups is 1. The summed E-state index contributed by atoms with van der Waals surface area (Å²) >= 11 is 6.54. The van der Waals surface area contributed by atoms with Gasteiger partial charge in [0.1, 0.15) is 5.82 Å². The summed E-state index contributed by atoms with van der Waals surface area (Å²) in [6, 6.07) is 19.0. The molecule has 0 saturated carbocycles. The summed E-state index contributed by atoms with van der Waals surface area (Å²) in [4.78, 5) is 24.4. The van der Waals surface area contributed by atoms with Crippen molar-refractivity contribution in [3.8, 4) is 11.5 Å². The Morgan fingerprint density at radius 2 is 1.78 bits per heavy atom. The number of fused-ring (bicyclic) bond motifs is 1. The predicted octanol–water partition coefficient (Wildman–Crippen LogP) is 3.85. The number of aromatic nitrogens is 3. The van der Waals surface area contributed by atoms with Crippen LogP contribution in [0, 0.1) is 0 Å². The topological polar surface area (TPSA) is 118 Å². The Morgan fingerprint density at radius 3 is 2.59 bits per heavy atom. The second-order valence-corrected chi connectivity index (χ2v) is 8.87. The maximum absolute atomic E-state index is 13.1. The number of halogens is 1. The van der Waals surface area contributed by atoms with Crippen LogP contribution in [0.25, 0.3) is 11.5 Å². The monoisotopic (exact) mass is 515 g/mol. The molecule has 2 aliphatic rings. The molecule has 1 amide bonds. The number of ether oxygens (including phenoxy) is 1. The number of benzodiazepines with no additional fused rings is 1. The Balaban J connectivity index is 1.27. The summed E-state index contributed by atoms with van der Waals surface area (Å²) in [6.07, 6.45) is 0.596. The lowest BCUT2D eigenvalue weighted by molar-refractivity contribution is -0.116. The normalized spacial score (nSPS) is 17.4. The van der Waals surface area contributed by atoms with E-state index in [0.29, 0.717) is 35.2 Å². The molecule has 2 N–H and O–H groups in total. The standard InChI is InChI=1S/C26H22ClN7O3/c27-19-14-21(34-10-12-36-13-11-34)28-15-18(19)25-32-33-26(37-25)31-23-24(35)29-20-9-5-4-8-17(20)22(30-23)16-6-2-1-3-7-16/h1-9,14-15,23H,10-13H2,(H,29,35)(H,31,33). The average molecular weight is 516 g/mol. The molecule has 2 aromatic carbocycles. The molecule has 6 rings (SSSR count). The van der Waals surface area contributed by atoms with E-state index in [9.17, 15) is 4.79 Å². The van der Waals surface area contributed by atoms with Gasteiger partial charge >= 0.3 is 6.01 Å². The maximum Gasteiger partial charge on any atom is 0.317 e. The van der Waals surface area contributed by atoms with E-state index in [4.69, 9.17) is 25.7 Å². The summed E-state index contributed by atoms with van der Waals surface area (Å²) in [7, 11) is 0. The first-order valence-electron chi connectivity index (χ1n) is 11.8. The molecule has 0 spiro atoms. The third kappa shape index (κ3) is 4.76. The van der Waals surface area contributed by atoms with Gasteiger partial charge in [0, 0.05) is 36.5 Å². The van der Waals surface area contributed by atoms with Crippen molar-refractivity contribution in [3.63, 3.8) is 0 Å². The molecule has 186 valence electrons. The van der Waals surface area contributed by atoms with Crippen LogP contribution < -0.4 is 15.5 Å². The summed E-state index contributed by atoms with van der Waals surface area (Å²) < 4.78 is 11.2. The number of rotatable bonds is 5. The third-order valence-electron chi connectivity index (χ3n) is 6.08. The van der Waals surface area contributed by atoms with Crippen LogP contribution in [0.1, 0.15) is 11.1 Å². The smallest absolute Gasteiger partial charge is 0.317 e. The minimum Gasteiger partial charge on any atom is -0.403 e. The van der Waals surface area contributed by atoms with E-state index in [1.807, 2.05) is 54.6 Å². The maximum atomic E-state index is 13.1. The Hall–Kier alpha value is -4.28. The van der Waals surface area contributed by atoms with Gasteiger partial charge in [0.2, 0.25) is 6.17 Å². The van der Waals surface area contributed by atoms with Gasteiger partial charge in [-0.15, -0.1) is 5.10 Å². The van der Waals surface area contributed by atoms with Crippen LogP contribution in [0.5, 0.6) is 0 Å². The van der Waals surface area contributed by atoms with Crippen LogP contribution in [-0.4, -0.2) is 59.3 Å². The zero-order chi connectivity index (χ0) is 25.2. The number of carbonyl (C=O) groups excluding carboxylic acids is 1. The molecule has 1 saturated heterocycles. The number of pyridine rings is 1. The van der Waals surface area contributed by atoms with E-state index < -0.39 is 6.17 Å². The highest BCUT2D eigenvalue weighted by Crippen LogP contribution is 2.31. The van der Waals surface area contributed by atoms with Crippen LogP contribution >= 0.6 is 11.6 Å². The largest absolute Gasteiger partial charge is 0.403 e. The van der Waals surface area contributed by atoms with Crippen molar-refractivity contribution < 1.29 is 13.9 Å². The molecule has 0 aliphatic carbocycles. The van der Waals surface area contributed by atoms with E-state index in [2.05, 4.69) is 30.7 Å².